The van der Waals surface area contributed by atoms with Crippen LogP contribution in [0, 0.1) is 11.8 Å². The van der Waals surface area contributed by atoms with Crippen LogP contribution < -0.4 is 10.1 Å². The van der Waals surface area contributed by atoms with E-state index in [2.05, 4.69) is 10.3 Å². The molecule has 0 spiro atoms. The molecule has 8 nitrogen and oxygen atoms in total. The van der Waals surface area contributed by atoms with E-state index in [0.717, 1.165) is 23.1 Å². The number of carbonyl (C=O) groups is 2. The van der Waals surface area contributed by atoms with E-state index in [4.69, 9.17) is 13.6 Å². The number of hydrogen-bond acceptors (Lipinski definition) is 6. The Bertz CT molecular complexity index is 1370. The number of likely N-dealkylation sites (tertiary alicyclic amines) is 1. The van der Waals surface area contributed by atoms with E-state index in [1.807, 2.05) is 35.2 Å². The Hall–Kier alpha value is -4.07. The van der Waals surface area contributed by atoms with Crippen molar-refractivity contribution in [1.29, 1.82) is 0 Å². The minimum atomic E-state index is -0.178. The topological polar surface area (TPSA) is 97.8 Å². The predicted molar refractivity (Wildman–Crippen MR) is 123 cm³/mol. The Kier molecular flexibility index (Phi) is 4.86. The van der Waals surface area contributed by atoms with Gasteiger partial charge in [0.2, 0.25) is 0 Å². The quantitative estimate of drug-likeness (QED) is 0.470. The van der Waals surface area contributed by atoms with Gasteiger partial charge in [-0.1, -0.05) is 6.07 Å². The average molecular weight is 457 g/mol. The van der Waals surface area contributed by atoms with Gasteiger partial charge in [0.15, 0.2) is 17.8 Å². The zero-order valence-corrected chi connectivity index (χ0v) is 18.6. The third-order valence-electron chi connectivity index (χ3n) is 6.90. The third kappa shape index (κ3) is 3.42. The minimum Gasteiger partial charge on any atom is -0.497 e. The highest BCUT2D eigenvalue weighted by molar-refractivity contribution is 6.06. The number of nitrogens with one attached hydrogen (secondary N) is 1. The van der Waals surface area contributed by atoms with Gasteiger partial charge in [0.25, 0.3) is 11.8 Å². The Morgan fingerprint density at radius 1 is 1.15 bits per heavy atom. The maximum absolute atomic E-state index is 13.5. The van der Waals surface area contributed by atoms with Crippen molar-refractivity contribution < 1.29 is 23.2 Å². The molecule has 1 aliphatic heterocycles. The molecular formula is C26H23N3O5. The lowest BCUT2D eigenvalue weighted by atomic mass is 10.1. The van der Waals surface area contributed by atoms with Crippen LogP contribution in [0.1, 0.15) is 27.3 Å². The number of oxazole rings is 1. The molecule has 8 heteroatoms. The number of hydrogen-bond donors (Lipinski definition) is 1. The highest BCUT2D eigenvalue weighted by Gasteiger charge is 2.54. The number of nitrogens with zero attached hydrogens (tertiary/aromatic N) is 2. The highest BCUT2D eigenvalue weighted by Crippen LogP contribution is 2.50. The van der Waals surface area contributed by atoms with Gasteiger partial charge < -0.3 is 23.8 Å². The third-order valence-corrected chi connectivity index (χ3v) is 6.90. The van der Waals surface area contributed by atoms with Crippen LogP contribution in [0.5, 0.6) is 5.75 Å². The maximum atomic E-state index is 13.5. The Morgan fingerprint density at radius 2 is 2.00 bits per heavy atom. The SMILES string of the molecule is COc1ccc(-c2ocnc2C(=O)N2C[C@H]3C[C@H]3[C@H]2CNC(=O)c2cccc3occc23)cc1. The van der Waals surface area contributed by atoms with Gasteiger partial charge in [-0.05, 0) is 60.7 Å². The molecule has 2 aromatic carbocycles. The van der Waals surface area contributed by atoms with Crippen molar-refractivity contribution in [3.63, 3.8) is 0 Å². The molecule has 34 heavy (non-hydrogen) atoms. The lowest BCUT2D eigenvalue weighted by Gasteiger charge is -2.27. The fraction of sp³-hybridized carbons (Fsp3) is 0.269. The lowest BCUT2D eigenvalue weighted by Crippen LogP contribution is -2.45. The van der Waals surface area contributed by atoms with Gasteiger partial charge in [0.1, 0.15) is 11.3 Å². The molecule has 3 atom stereocenters. The van der Waals surface area contributed by atoms with Crippen LogP contribution in [0.25, 0.3) is 22.3 Å². The molecule has 2 aromatic heterocycles. The number of piperidine rings is 1. The van der Waals surface area contributed by atoms with E-state index in [-0.39, 0.29) is 23.6 Å². The number of rotatable bonds is 6. The van der Waals surface area contributed by atoms with Crippen LogP contribution in [0.2, 0.25) is 0 Å². The van der Waals surface area contributed by atoms with Gasteiger partial charge in [-0.3, -0.25) is 9.59 Å². The summed E-state index contributed by atoms with van der Waals surface area (Å²) < 4.78 is 16.2. The van der Waals surface area contributed by atoms with E-state index in [1.54, 1.807) is 31.6 Å². The number of amides is 2. The Balaban J connectivity index is 1.20. The summed E-state index contributed by atoms with van der Waals surface area (Å²) in [5.41, 5.74) is 2.27. The molecule has 4 aromatic rings. The molecular weight excluding hydrogens is 434 g/mol. The number of methoxy groups -OCH3 is 1. The number of furan rings is 1. The largest absolute Gasteiger partial charge is 0.497 e. The second-order valence-corrected chi connectivity index (χ2v) is 8.79. The molecule has 2 amide bonds. The second kappa shape index (κ2) is 8.06. The van der Waals surface area contributed by atoms with Crippen LogP contribution in [-0.2, 0) is 0 Å². The van der Waals surface area contributed by atoms with Crippen LogP contribution in [0.3, 0.4) is 0 Å². The maximum Gasteiger partial charge on any atom is 0.276 e. The summed E-state index contributed by atoms with van der Waals surface area (Å²) in [5, 5.41) is 3.81. The molecule has 6 rings (SSSR count). The first-order valence-electron chi connectivity index (χ1n) is 11.3. The Morgan fingerprint density at radius 3 is 2.82 bits per heavy atom. The second-order valence-electron chi connectivity index (χ2n) is 8.79. The van der Waals surface area contributed by atoms with Gasteiger partial charge in [-0.2, -0.15) is 0 Å². The average Bonchev–Trinajstić information content (AvgIpc) is 3.25. The van der Waals surface area contributed by atoms with Crippen molar-refractivity contribution in [2.75, 3.05) is 20.2 Å². The summed E-state index contributed by atoms with van der Waals surface area (Å²) >= 11 is 0. The molecule has 0 unspecified atom stereocenters. The summed E-state index contributed by atoms with van der Waals surface area (Å²) in [6.07, 6.45) is 3.95. The predicted octanol–water partition coefficient (Wildman–Crippen LogP) is 3.99. The Labute approximate surface area is 195 Å². The van der Waals surface area contributed by atoms with E-state index in [0.29, 0.717) is 41.8 Å². The van der Waals surface area contributed by atoms with E-state index in [9.17, 15) is 9.59 Å². The lowest BCUT2D eigenvalue weighted by molar-refractivity contribution is 0.0690. The van der Waals surface area contributed by atoms with Gasteiger partial charge in [0, 0.05) is 24.0 Å². The molecule has 1 N–H and O–H groups in total. The number of ether oxygens (including phenoxy) is 1. The van der Waals surface area contributed by atoms with Crippen LogP contribution in [-0.4, -0.2) is 47.9 Å². The molecule has 172 valence electrons. The normalized spacial score (nSPS) is 20.9. The fourth-order valence-corrected chi connectivity index (χ4v) is 5.03. The van der Waals surface area contributed by atoms with Crippen molar-refractivity contribution in [3.05, 3.63) is 72.4 Å². The molecule has 0 radical (unpaired) electrons. The molecule has 0 bridgehead atoms. The molecule has 1 aliphatic carbocycles. The number of aromatic nitrogens is 1. The minimum absolute atomic E-state index is 0.0783. The number of carbonyl (C=O) groups excluding carboxylic acids is 2. The van der Waals surface area contributed by atoms with Crippen LogP contribution in [0.4, 0.5) is 0 Å². The van der Waals surface area contributed by atoms with E-state index >= 15 is 0 Å². The van der Waals surface area contributed by atoms with Crippen molar-refractivity contribution in [2.45, 2.75) is 12.5 Å². The molecule has 1 saturated heterocycles. The summed E-state index contributed by atoms with van der Waals surface area (Å²) in [4.78, 5) is 32.5. The molecule has 1 saturated carbocycles. The summed E-state index contributed by atoms with van der Waals surface area (Å²) in [6, 6.07) is 14.4. The van der Waals surface area contributed by atoms with Crippen LogP contribution in [0.15, 0.2) is 70.0 Å². The molecule has 3 heterocycles. The standard InChI is InChI=1S/C26H23N3O5/c1-32-17-7-5-15(6-8-17)24-23(28-14-34-24)26(31)29-13-16-11-20(16)21(29)12-27-25(30)19-3-2-4-22-18(19)9-10-33-22/h2-10,14,16,20-21H,11-13H2,1H3,(H,27,30)/t16-,20-,21-/m1/s1. The van der Waals surface area contributed by atoms with Gasteiger partial charge in [-0.25, -0.2) is 4.98 Å². The van der Waals surface area contributed by atoms with E-state index < -0.39 is 0 Å². The van der Waals surface area contributed by atoms with Crippen molar-refractivity contribution in [2.24, 2.45) is 11.8 Å². The zero-order chi connectivity index (χ0) is 23.2. The first-order chi connectivity index (χ1) is 16.6. The molecule has 2 aliphatic rings. The summed E-state index contributed by atoms with van der Waals surface area (Å²) in [7, 11) is 1.60. The number of benzene rings is 2. The van der Waals surface area contributed by atoms with Gasteiger partial charge in [0.05, 0.1) is 25.0 Å². The summed E-state index contributed by atoms with van der Waals surface area (Å²) in [6.45, 7) is 1.05. The highest BCUT2D eigenvalue weighted by atomic mass is 16.5. The summed E-state index contributed by atoms with van der Waals surface area (Å²) in [5.74, 6) is 1.66. The number of fused-ring (bicyclic) bond motifs is 2. The van der Waals surface area contributed by atoms with Crippen molar-refractivity contribution in [1.82, 2.24) is 15.2 Å². The molecule has 2 fully saturated rings. The zero-order valence-electron chi connectivity index (χ0n) is 18.6. The van der Waals surface area contributed by atoms with Gasteiger partial charge in [-0.15, -0.1) is 0 Å². The van der Waals surface area contributed by atoms with E-state index in [1.165, 1.54) is 6.39 Å². The smallest absolute Gasteiger partial charge is 0.276 e. The monoisotopic (exact) mass is 457 g/mol. The first-order valence-corrected chi connectivity index (χ1v) is 11.3. The fourth-order valence-electron chi connectivity index (χ4n) is 5.03. The van der Waals surface area contributed by atoms with Gasteiger partial charge >= 0.3 is 0 Å². The van der Waals surface area contributed by atoms with Crippen molar-refractivity contribution in [3.8, 4) is 17.1 Å². The first kappa shape index (κ1) is 20.5. The van der Waals surface area contributed by atoms with Crippen molar-refractivity contribution >= 4 is 22.8 Å². The van der Waals surface area contributed by atoms with Crippen LogP contribution >= 0.6 is 0 Å².